The summed E-state index contributed by atoms with van der Waals surface area (Å²) >= 11 is 0. The summed E-state index contributed by atoms with van der Waals surface area (Å²) in [5.41, 5.74) is 1.10. The maximum atomic E-state index is 12.8. The van der Waals surface area contributed by atoms with E-state index < -0.39 is 0 Å². The summed E-state index contributed by atoms with van der Waals surface area (Å²) in [6.07, 6.45) is 6.41. The van der Waals surface area contributed by atoms with Crippen LogP contribution in [-0.4, -0.2) is 58.4 Å². The minimum Gasteiger partial charge on any atom is -0.381 e. The van der Waals surface area contributed by atoms with E-state index in [2.05, 4.69) is 21.0 Å². The van der Waals surface area contributed by atoms with E-state index in [1.807, 2.05) is 34.1 Å². The highest BCUT2D eigenvalue weighted by molar-refractivity contribution is 5.79. The zero-order chi connectivity index (χ0) is 17.1. The minimum absolute atomic E-state index is 0.00995. The quantitative estimate of drug-likeness (QED) is 0.835. The maximum absolute atomic E-state index is 12.8. The highest BCUT2D eigenvalue weighted by atomic mass is 16.5. The van der Waals surface area contributed by atoms with Gasteiger partial charge in [0, 0.05) is 56.9 Å². The Morgan fingerprint density at radius 2 is 2.20 bits per heavy atom. The van der Waals surface area contributed by atoms with Gasteiger partial charge in [-0.05, 0) is 18.6 Å². The predicted molar refractivity (Wildman–Crippen MR) is 93.0 cm³/mol. The standard InChI is InChI=1S/C18H23N5O2/c24-18(16-4-12-25-14-16)22-9-8-21(10-11-23-7-2-6-20-23)17-15(13-22)3-1-5-19-17/h1-3,5-7,16H,4,8-14H2/t16-/m0/s1. The van der Waals surface area contributed by atoms with Crippen molar-refractivity contribution in [3.63, 3.8) is 0 Å². The van der Waals surface area contributed by atoms with E-state index in [1.165, 1.54) is 0 Å². The Morgan fingerprint density at radius 3 is 3.00 bits per heavy atom. The fourth-order valence-corrected chi connectivity index (χ4v) is 3.52. The predicted octanol–water partition coefficient (Wildman–Crippen LogP) is 1.16. The number of rotatable bonds is 4. The van der Waals surface area contributed by atoms with Crippen LogP contribution < -0.4 is 4.90 Å². The van der Waals surface area contributed by atoms with Crippen molar-refractivity contribution in [3.8, 4) is 0 Å². The molecule has 0 aliphatic carbocycles. The molecule has 2 aliphatic rings. The van der Waals surface area contributed by atoms with Crippen molar-refractivity contribution in [2.75, 3.05) is 37.7 Å². The lowest BCUT2D eigenvalue weighted by atomic mass is 10.1. The number of carbonyl (C=O) groups is 1. The zero-order valence-electron chi connectivity index (χ0n) is 14.3. The Balaban J connectivity index is 1.50. The van der Waals surface area contributed by atoms with Gasteiger partial charge in [0.25, 0.3) is 0 Å². The van der Waals surface area contributed by atoms with E-state index in [0.29, 0.717) is 26.3 Å². The Morgan fingerprint density at radius 1 is 1.24 bits per heavy atom. The Hall–Kier alpha value is -2.41. The van der Waals surface area contributed by atoms with Crippen molar-refractivity contribution >= 4 is 11.7 Å². The van der Waals surface area contributed by atoms with E-state index in [-0.39, 0.29) is 11.8 Å². The Bertz CT molecular complexity index is 712. The summed E-state index contributed by atoms with van der Waals surface area (Å²) in [7, 11) is 0. The Labute approximate surface area is 147 Å². The van der Waals surface area contributed by atoms with Gasteiger partial charge in [0.05, 0.1) is 19.1 Å². The summed E-state index contributed by atoms with van der Waals surface area (Å²) < 4.78 is 7.31. The van der Waals surface area contributed by atoms with Crippen molar-refractivity contribution in [1.29, 1.82) is 0 Å². The number of nitrogens with zero attached hydrogens (tertiary/aromatic N) is 5. The molecule has 4 heterocycles. The lowest BCUT2D eigenvalue weighted by molar-refractivity contribution is -0.135. The third kappa shape index (κ3) is 3.51. The molecule has 2 aromatic heterocycles. The van der Waals surface area contributed by atoms with Crippen molar-refractivity contribution in [2.45, 2.75) is 19.5 Å². The molecule has 1 fully saturated rings. The molecule has 0 N–H and O–H groups in total. The van der Waals surface area contributed by atoms with Crippen molar-refractivity contribution in [2.24, 2.45) is 5.92 Å². The second kappa shape index (κ2) is 7.23. The third-order valence-corrected chi connectivity index (χ3v) is 4.92. The normalized spacial score (nSPS) is 20.4. The van der Waals surface area contributed by atoms with Gasteiger partial charge in [-0.1, -0.05) is 6.07 Å². The first kappa shape index (κ1) is 16.1. The van der Waals surface area contributed by atoms with Crippen LogP contribution in [0.15, 0.2) is 36.8 Å². The van der Waals surface area contributed by atoms with Crippen LogP contribution in [0.5, 0.6) is 0 Å². The molecule has 0 saturated carbocycles. The molecule has 2 aliphatic heterocycles. The largest absolute Gasteiger partial charge is 0.381 e. The van der Waals surface area contributed by atoms with Gasteiger partial charge in [-0.3, -0.25) is 9.48 Å². The summed E-state index contributed by atoms with van der Waals surface area (Å²) in [5.74, 6) is 1.20. The lowest BCUT2D eigenvalue weighted by Gasteiger charge is -2.25. The molecule has 7 heteroatoms. The first-order valence-electron chi connectivity index (χ1n) is 8.84. The van der Waals surface area contributed by atoms with Crippen LogP contribution in [-0.2, 0) is 22.6 Å². The van der Waals surface area contributed by atoms with Crippen molar-refractivity contribution < 1.29 is 9.53 Å². The molecular weight excluding hydrogens is 318 g/mol. The zero-order valence-corrected chi connectivity index (χ0v) is 14.3. The molecule has 0 radical (unpaired) electrons. The summed E-state index contributed by atoms with van der Waals surface area (Å²) in [6, 6.07) is 5.94. The first-order chi connectivity index (χ1) is 12.3. The second-order valence-electron chi connectivity index (χ2n) is 6.56. The van der Waals surface area contributed by atoms with Crippen LogP contribution in [0, 0.1) is 5.92 Å². The summed E-state index contributed by atoms with van der Waals surface area (Å²) in [5, 5.41) is 4.27. The van der Waals surface area contributed by atoms with Crippen LogP contribution in [0.3, 0.4) is 0 Å². The SMILES string of the molecule is O=C([C@H]1CCOC1)N1CCN(CCn2cccn2)c2ncccc2C1. The number of anilines is 1. The van der Waals surface area contributed by atoms with Crippen LogP contribution in [0.4, 0.5) is 5.82 Å². The number of hydrogen-bond donors (Lipinski definition) is 0. The van der Waals surface area contributed by atoms with Crippen LogP contribution in [0.2, 0.25) is 0 Å². The van der Waals surface area contributed by atoms with E-state index in [9.17, 15) is 4.79 Å². The van der Waals surface area contributed by atoms with Gasteiger partial charge in [-0.2, -0.15) is 5.10 Å². The van der Waals surface area contributed by atoms with Crippen LogP contribution >= 0.6 is 0 Å². The van der Waals surface area contributed by atoms with Gasteiger partial charge >= 0.3 is 0 Å². The highest BCUT2D eigenvalue weighted by Crippen LogP contribution is 2.25. The first-order valence-corrected chi connectivity index (χ1v) is 8.84. The smallest absolute Gasteiger partial charge is 0.228 e. The third-order valence-electron chi connectivity index (χ3n) is 4.92. The molecule has 132 valence electrons. The molecule has 1 amide bonds. The van der Waals surface area contributed by atoms with Gasteiger partial charge in [0.2, 0.25) is 5.91 Å². The van der Waals surface area contributed by atoms with E-state index in [1.54, 1.807) is 6.20 Å². The van der Waals surface area contributed by atoms with Crippen molar-refractivity contribution in [1.82, 2.24) is 19.7 Å². The number of amides is 1. The van der Waals surface area contributed by atoms with Gasteiger partial charge in [-0.15, -0.1) is 0 Å². The molecule has 0 spiro atoms. The number of hydrogen-bond acceptors (Lipinski definition) is 5. The molecule has 0 aromatic carbocycles. The summed E-state index contributed by atoms with van der Waals surface area (Å²) in [6.45, 7) is 4.98. The molecule has 0 unspecified atom stereocenters. The number of aromatic nitrogens is 3. The molecule has 25 heavy (non-hydrogen) atoms. The van der Waals surface area contributed by atoms with Gasteiger partial charge < -0.3 is 14.5 Å². The molecule has 4 rings (SSSR count). The number of ether oxygens (including phenoxy) is 1. The fraction of sp³-hybridized carbons (Fsp3) is 0.500. The fourth-order valence-electron chi connectivity index (χ4n) is 3.52. The molecular formula is C18H23N5O2. The van der Waals surface area contributed by atoms with Gasteiger partial charge in [0.1, 0.15) is 5.82 Å². The van der Waals surface area contributed by atoms with Crippen LogP contribution in [0.1, 0.15) is 12.0 Å². The van der Waals surface area contributed by atoms with E-state index in [4.69, 9.17) is 4.74 Å². The van der Waals surface area contributed by atoms with Gasteiger partial charge in [0.15, 0.2) is 0 Å². The maximum Gasteiger partial charge on any atom is 0.228 e. The number of pyridine rings is 1. The molecule has 0 bridgehead atoms. The molecule has 1 saturated heterocycles. The highest BCUT2D eigenvalue weighted by Gasteiger charge is 2.30. The molecule has 1 atom stereocenters. The minimum atomic E-state index is 0.00995. The average molecular weight is 341 g/mol. The van der Waals surface area contributed by atoms with Crippen molar-refractivity contribution in [3.05, 3.63) is 42.4 Å². The monoisotopic (exact) mass is 341 g/mol. The lowest BCUT2D eigenvalue weighted by Crippen LogP contribution is -2.39. The summed E-state index contributed by atoms with van der Waals surface area (Å²) in [4.78, 5) is 21.6. The second-order valence-corrected chi connectivity index (χ2v) is 6.56. The molecule has 7 nitrogen and oxygen atoms in total. The van der Waals surface area contributed by atoms with E-state index in [0.717, 1.165) is 37.4 Å². The Kier molecular flexibility index (Phi) is 4.65. The topological polar surface area (TPSA) is 63.5 Å². The van der Waals surface area contributed by atoms with Gasteiger partial charge in [-0.25, -0.2) is 4.98 Å². The molecule has 2 aromatic rings. The number of fused-ring (bicyclic) bond motifs is 1. The average Bonchev–Trinajstić information content (AvgIpc) is 3.31. The van der Waals surface area contributed by atoms with E-state index >= 15 is 0 Å². The number of carbonyl (C=O) groups excluding carboxylic acids is 1. The van der Waals surface area contributed by atoms with Crippen LogP contribution in [0.25, 0.3) is 0 Å².